The Labute approximate surface area is 312 Å². The summed E-state index contributed by atoms with van der Waals surface area (Å²) in [6, 6.07) is 0.900. The molecule has 3 N–H and O–H groups in total. The Kier molecular flexibility index (Phi) is 14.4. The van der Waals surface area contributed by atoms with E-state index in [1.165, 1.54) is 13.0 Å². The minimum atomic E-state index is -4.48. The van der Waals surface area contributed by atoms with E-state index in [1.54, 1.807) is 6.92 Å². The van der Waals surface area contributed by atoms with Gasteiger partial charge in [0.25, 0.3) is 21.8 Å². The van der Waals surface area contributed by atoms with E-state index in [1.807, 2.05) is 37.3 Å². The minimum Gasteiger partial charge on any atom is -0.470 e. The molecule has 0 aliphatic carbocycles. The van der Waals surface area contributed by atoms with Crippen molar-refractivity contribution >= 4 is 66.6 Å². The average molecular weight is 809 g/mol. The van der Waals surface area contributed by atoms with E-state index in [0.717, 1.165) is 11.7 Å². The highest BCUT2D eigenvalue weighted by molar-refractivity contribution is 7.95. The quantitative estimate of drug-likeness (QED) is 0.194. The summed E-state index contributed by atoms with van der Waals surface area (Å²) in [4.78, 5) is 40.0. The van der Waals surface area contributed by atoms with Gasteiger partial charge in [0.2, 0.25) is 5.82 Å². The molecule has 2 aromatic heterocycles. The number of carbonyl (C=O) groups is 3. The second kappa shape index (κ2) is 17.9. The highest BCUT2D eigenvalue weighted by Crippen LogP contribution is 2.42. The molecule has 1 amide bonds. The number of ether oxygens (including phenoxy) is 4. The predicted molar refractivity (Wildman–Crippen MR) is 193 cm³/mol. The number of hydrogen-bond acceptors (Lipinski definition) is 18. The van der Waals surface area contributed by atoms with Gasteiger partial charge in [-0.25, -0.2) is 21.6 Å². The van der Waals surface area contributed by atoms with Gasteiger partial charge in [0.1, 0.15) is 21.1 Å². The van der Waals surface area contributed by atoms with E-state index in [2.05, 4.69) is 19.4 Å². The normalized spacial score (nSPS) is 20.0. The third kappa shape index (κ3) is 11.3. The van der Waals surface area contributed by atoms with Crippen LogP contribution in [0.1, 0.15) is 78.8 Å². The molecule has 0 bridgehead atoms. The largest absolute Gasteiger partial charge is 0.470 e. The molecule has 4 heterocycles. The fourth-order valence-electron chi connectivity index (χ4n) is 5.33. The maximum Gasteiger partial charge on any atom is 0.306 e. The Morgan fingerprint density at radius 2 is 1.79 bits per heavy atom. The van der Waals surface area contributed by atoms with Crippen molar-refractivity contribution in [2.45, 2.75) is 105 Å². The van der Waals surface area contributed by atoms with Gasteiger partial charge in [-0.1, -0.05) is 6.92 Å². The number of rotatable bonds is 17. The zero-order chi connectivity index (χ0) is 38.3. The summed E-state index contributed by atoms with van der Waals surface area (Å²) >= 11 is 1.59. The summed E-state index contributed by atoms with van der Waals surface area (Å²) in [5, 5.41) is 5.76. The fraction of sp³-hybridized carbons (Fsp3) is 0.710. The summed E-state index contributed by atoms with van der Waals surface area (Å²) in [5.41, 5.74) is 0.0741. The number of nitrogens with one attached hydrogen (secondary N) is 3. The molecule has 17 nitrogen and oxygen atoms in total. The number of fused-ring (bicyclic) bond motifs is 1. The lowest BCUT2D eigenvalue weighted by molar-refractivity contribution is -0.155. The van der Waals surface area contributed by atoms with Crippen LogP contribution in [-0.4, -0.2) is 112 Å². The Balaban J connectivity index is 1.26. The second-order valence-corrected chi connectivity index (χ2v) is 19.6. The molecule has 2 aromatic rings. The van der Waals surface area contributed by atoms with Crippen LogP contribution in [0.2, 0.25) is 0 Å². The number of morpholine rings is 1. The topological polar surface area (TPSA) is 222 Å². The predicted octanol–water partition coefficient (Wildman–Crippen LogP) is 1.94. The smallest absolute Gasteiger partial charge is 0.306 e. The van der Waals surface area contributed by atoms with Gasteiger partial charge in [0, 0.05) is 49.6 Å². The Bertz CT molecular complexity index is 1770. The minimum absolute atomic E-state index is 0.00832. The number of esters is 2. The van der Waals surface area contributed by atoms with Gasteiger partial charge in [-0.15, -0.1) is 15.7 Å². The van der Waals surface area contributed by atoms with Crippen LogP contribution in [0.25, 0.3) is 0 Å². The van der Waals surface area contributed by atoms with Crippen LogP contribution < -0.4 is 25.0 Å². The molecule has 292 valence electrons. The Morgan fingerprint density at radius 1 is 1.12 bits per heavy atom. The van der Waals surface area contributed by atoms with Crippen molar-refractivity contribution in [2.24, 2.45) is 0 Å². The van der Waals surface area contributed by atoms with E-state index in [-0.39, 0.29) is 58.8 Å². The van der Waals surface area contributed by atoms with Crippen LogP contribution in [0, 0.1) is 0 Å². The fourth-order valence-corrected chi connectivity index (χ4v) is 10.9. The summed E-state index contributed by atoms with van der Waals surface area (Å²) < 4.78 is 84.2. The average Bonchev–Trinajstić information content (AvgIpc) is 3.74. The lowest BCUT2D eigenvalue weighted by Gasteiger charge is -2.27. The first-order valence-corrected chi connectivity index (χ1v) is 21.6. The maximum atomic E-state index is 13.1. The molecule has 21 heteroatoms. The Morgan fingerprint density at radius 3 is 2.44 bits per heavy atom. The van der Waals surface area contributed by atoms with Crippen LogP contribution in [-0.2, 0) is 48.5 Å². The lowest BCUT2D eigenvalue weighted by atomic mass is 10.1. The number of sulfone groups is 1. The molecule has 4 atom stereocenters. The van der Waals surface area contributed by atoms with E-state index < -0.39 is 55.2 Å². The van der Waals surface area contributed by atoms with Crippen molar-refractivity contribution in [2.75, 3.05) is 50.9 Å². The highest BCUT2D eigenvalue weighted by atomic mass is 32.3. The van der Waals surface area contributed by atoms with Gasteiger partial charge in [-0.2, -0.15) is 4.37 Å². The summed E-state index contributed by atoms with van der Waals surface area (Å²) in [7, 11) is -8.22. The summed E-state index contributed by atoms with van der Waals surface area (Å²) in [6.45, 7) is 13.8. The lowest BCUT2D eigenvalue weighted by Crippen LogP contribution is -2.44. The van der Waals surface area contributed by atoms with E-state index in [0.29, 0.717) is 61.4 Å². The zero-order valence-corrected chi connectivity index (χ0v) is 33.4. The van der Waals surface area contributed by atoms with Crippen molar-refractivity contribution in [1.82, 2.24) is 24.1 Å². The van der Waals surface area contributed by atoms with Gasteiger partial charge in [0.15, 0.2) is 15.9 Å². The molecule has 0 radical (unpaired) electrons. The molecule has 4 rings (SSSR count). The molecule has 2 aliphatic heterocycles. The first-order chi connectivity index (χ1) is 24.4. The first kappa shape index (κ1) is 41.8. The van der Waals surface area contributed by atoms with E-state index in [9.17, 15) is 31.2 Å². The number of sulfonamides is 1. The molecular weight excluding hydrogens is 761 g/mol. The number of hydrogen-bond donors (Lipinski definition) is 3. The van der Waals surface area contributed by atoms with Gasteiger partial charge in [0.05, 0.1) is 30.2 Å². The SMILES string of the molecule is CCN[C@H]1C[C@H](C)S(=O)(=O)c2sc(S(=O)(=O)NC(=O)[C@H](C)OC(=O)CCCC(=O)O[C@@H](CNC(C)(C)C)COc3nsnc3N3CCOCC3)cc21. The van der Waals surface area contributed by atoms with Gasteiger partial charge < -0.3 is 34.5 Å². The molecule has 1 fully saturated rings. The molecule has 1 saturated heterocycles. The molecule has 0 unspecified atom stereocenters. The molecule has 0 saturated carbocycles. The molecule has 2 aliphatic rings. The van der Waals surface area contributed by atoms with Gasteiger partial charge in [-0.05, 0) is 60.1 Å². The van der Waals surface area contributed by atoms with Crippen LogP contribution in [0.4, 0.5) is 5.82 Å². The van der Waals surface area contributed by atoms with Crippen molar-refractivity contribution in [3.8, 4) is 5.88 Å². The van der Waals surface area contributed by atoms with Crippen molar-refractivity contribution in [3.05, 3.63) is 11.6 Å². The third-order valence-corrected chi connectivity index (χ3v) is 14.4. The molecule has 0 aromatic carbocycles. The number of aromatic nitrogens is 2. The van der Waals surface area contributed by atoms with Crippen LogP contribution >= 0.6 is 23.1 Å². The third-order valence-electron chi connectivity index (χ3n) is 8.14. The Hall–Kier alpha value is -2.95. The zero-order valence-electron chi connectivity index (χ0n) is 30.1. The molecule has 52 heavy (non-hydrogen) atoms. The van der Waals surface area contributed by atoms with Crippen LogP contribution in [0.3, 0.4) is 0 Å². The number of carbonyl (C=O) groups excluding carboxylic acids is 3. The standard InChI is InChI=1S/C31H48N6O11S4/c1-7-32-23-15-19(2)51(41,42)30-22(23)16-26(49-30)52(43,44)36-28(40)20(3)47-24(38)9-8-10-25(39)48-21(17-33-31(4,5)6)18-46-29-27(34-50-35-29)37-11-13-45-14-12-37/h16,19-21,23,32-33H,7-15,17-18H2,1-6H3,(H,36,40)/t19-,20-,21-,23-/m0/s1. The summed E-state index contributed by atoms with van der Waals surface area (Å²) in [6.07, 6.45) is -2.23. The number of anilines is 1. The van der Waals surface area contributed by atoms with E-state index in [4.69, 9.17) is 18.9 Å². The molecule has 0 spiro atoms. The number of thiophene rings is 1. The van der Waals surface area contributed by atoms with Crippen molar-refractivity contribution in [3.63, 3.8) is 0 Å². The monoisotopic (exact) mass is 808 g/mol. The van der Waals surface area contributed by atoms with E-state index >= 15 is 0 Å². The maximum absolute atomic E-state index is 13.1. The van der Waals surface area contributed by atoms with Gasteiger partial charge in [-0.3, -0.25) is 14.4 Å². The summed E-state index contributed by atoms with van der Waals surface area (Å²) in [5.74, 6) is -1.57. The molecular formula is C31H48N6O11S4. The second-order valence-electron chi connectivity index (χ2n) is 13.5. The first-order valence-electron chi connectivity index (χ1n) is 17.0. The van der Waals surface area contributed by atoms with Crippen LogP contribution in [0.5, 0.6) is 5.88 Å². The number of amides is 1. The van der Waals surface area contributed by atoms with Crippen LogP contribution in [0.15, 0.2) is 14.5 Å². The van der Waals surface area contributed by atoms with Crippen molar-refractivity contribution in [1.29, 1.82) is 0 Å². The highest BCUT2D eigenvalue weighted by Gasteiger charge is 2.40. The van der Waals surface area contributed by atoms with Crippen molar-refractivity contribution < 1.29 is 50.2 Å². The number of nitrogens with zero attached hydrogens (tertiary/aromatic N) is 3. The van der Waals surface area contributed by atoms with Gasteiger partial charge >= 0.3 is 11.9 Å².